The Kier molecular flexibility index (Phi) is 2.97. The monoisotopic (exact) mass is 179 g/mol. The van der Waals surface area contributed by atoms with Crippen LogP contribution in [-0.2, 0) is 9.59 Å². The number of primary amides is 1. The molecule has 2 amide bonds. The lowest BCUT2D eigenvalue weighted by atomic mass is 10.1. The van der Waals surface area contributed by atoms with E-state index >= 15 is 0 Å². The fraction of sp³-hybridized carbons (Fsp3) is 0.125. The highest BCUT2D eigenvalue weighted by Gasteiger charge is 2.15. The molecule has 0 bridgehead atoms. The maximum atomic E-state index is 10.9. The maximum Gasteiger partial charge on any atom is 0.244 e. The predicted octanol–water partition coefficient (Wildman–Crippen LogP) is -0.646. The van der Waals surface area contributed by atoms with Gasteiger partial charge in [0.15, 0.2) is 0 Å². The first kappa shape index (κ1) is 9.18. The minimum absolute atomic E-state index is 0.433. The van der Waals surface area contributed by atoms with Gasteiger partial charge in [-0.25, -0.2) is 0 Å². The Balaban J connectivity index is 2.88. The summed E-state index contributed by atoms with van der Waals surface area (Å²) in [5, 5.41) is 2.30. The molecule has 1 atom stereocenters. The molecule has 1 unspecified atom stereocenters. The molecule has 3 N–H and O–H groups in total. The molecule has 0 aliphatic carbocycles. The number of nitrogens with one attached hydrogen (secondary N) is 1. The molecule has 1 aromatic rings. The topological polar surface area (TPSA) is 85.1 Å². The molecule has 5 heteroatoms. The van der Waals surface area contributed by atoms with Gasteiger partial charge in [0.1, 0.15) is 6.04 Å². The van der Waals surface area contributed by atoms with E-state index < -0.39 is 11.9 Å². The van der Waals surface area contributed by atoms with Gasteiger partial charge >= 0.3 is 0 Å². The van der Waals surface area contributed by atoms with Crippen molar-refractivity contribution in [2.24, 2.45) is 5.73 Å². The molecule has 1 rings (SSSR count). The number of nitrogens with two attached hydrogens (primary N) is 1. The molecule has 0 spiro atoms. The minimum Gasteiger partial charge on any atom is -0.368 e. The highest BCUT2D eigenvalue weighted by atomic mass is 16.2. The molecule has 0 aliphatic heterocycles. The smallest absolute Gasteiger partial charge is 0.244 e. The van der Waals surface area contributed by atoms with Crippen molar-refractivity contribution in [3.05, 3.63) is 30.1 Å². The summed E-state index contributed by atoms with van der Waals surface area (Å²) < 4.78 is 0. The summed E-state index contributed by atoms with van der Waals surface area (Å²) in [6, 6.07) is 2.53. The Labute approximate surface area is 75.0 Å². The summed E-state index contributed by atoms with van der Waals surface area (Å²) in [5.41, 5.74) is 5.64. The lowest BCUT2D eigenvalue weighted by Gasteiger charge is -2.10. The quantitative estimate of drug-likeness (QED) is 0.602. The molecule has 13 heavy (non-hydrogen) atoms. The molecular weight excluding hydrogens is 170 g/mol. The van der Waals surface area contributed by atoms with Crippen molar-refractivity contribution in [3.63, 3.8) is 0 Å². The van der Waals surface area contributed by atoms with Gasteiger partial charge in [0, 0.05) is 18.0 Å². The molecule has 68 valence electrons. The van der Waals surface area contributed by atoms with Gasteiger partial charge in [-0.15, -0.1) is 0 Å². The van der Waals surface area contributed by atoms with Crippen LogP contribution in [0.15, 0.2) is 24.5 Å². The van der Waals surface area contributed by atoms with Crippen LogP contribution in [0.4, 0.5) is 0 Å². The predicted molar refractivity (Wildman–Crippen MR) is 45.4 cm³/mol. The molecule has 0 saturated heterocycles. The van der Waals surface area contributed by atoms with Gasteiger partial charge in [-0.3, -0.25) is 14.6 Å². The Morgan fingerprint density at radius 3 is 2.92 bits per heavy atom. The van der Waals surface area contributed by atoms with Crippen LogP contribution in [0.25, 0.3) is 0 Å². The van der Waals surface area contributed by atoms with Crippen molar-refractivity contribution in [3.8, 4) is 0 Å². The normalized spacial score (nSPS) is 11.7. The van der Waals surface area contributed by atoms with Gasteiger partial charge in [-0.2, -0.15) is 0 Å². The van der Waals surface area contributed by atoms with E-state index in [4.69, 9.17) is 5.73 Å². The summed E-state index contributed by atoms with van der Waals surface area (Å²) in [4.78, 5) is 24.8. The first-order valence-electron chi connectivity index (χ1n) is 3.64. The SMILES string of the molecule is NC(=O)C(NC=O)c1cccnc1. The first-order valence-corrected chi connectivity index (χ1v) is 3.64. The molecule has 5 nitrogen and oxygen atoms in total. The molecular formula is C8H9N3O2. The molecule has 0 radical (unpaired) electrons. The number of aromatic nitrogens is 1. The van der Waals surface area contributed by atoms with E-state index in [-0.39, 0.29) is 0 Å². The van der Waals surface area contributed by atoms with Crippen molar-refractivity contribution in [1.82, 2.24) is 10.3 Å². The lowest BCUT2D eigenvalue weighted by Crippen LogP contribution is -2.32. The van der Waals surface area contributed by atoms with Gasteiger partial charge < -0.3 is 11.1 Å². The van der Waals surface area contributed by atoms with Crippen LogP contribution in [0.5, 0.6) is 0 Å². The van der Waals surface area contributed by atoms with E-state index in [1.54, 1.807) is 18.3 Å². The average molecular weight is 179 g/mol. The molecule has 0 fully saturated rings. The second-order valence-electron chi connectivity index (χ2n) is 2.41. The number of rotatable bonds is 4. The van der Waals surface area contributed by atoms with Crippen molar-refractivity contribution >= 4 is 12.3 Å². The zero-order valence-electron chi connectivity index (χ0n) is 6.81. The molecule has 0 aromatic carbocycles. The highest BCUT2D eigenvalue weighted by molar-refractivity contribution is 5.83. The van der Waals surface area contributed by atoms with Gasteiger partial charge in [0.05, 0.1) is 0 Å². The molecule has 1 heterocycles. The van der Waals surface area contributed by atoms with Crippen LogP contribution < -0.4 is 11.1 Å². The number of pyridine rings is 1. The number of carbonyl (C=O) groups is 2. The third-order valence-corrected chi connectivity index (χ3v) is 1.54. The van der Waals surface area contributed by atoms with Crippen LogP contribution in [-0.4, -0.2) is 17.3 Å². The van der Waals surface area contributed by atoms with E-state index in [9.17, 15) is 9.59 Å². The van der Waals surface area contributed by atoms with Gasteiger partial charge in [0.25, 0.3) is 0 Å². The number of hydrogen-bond acceptors (Lipinski definition) is 3. The zero-order valence-corrected chi connectivity index (χ0v) is 6.81. The van der Waals surface area contributed by atoms with Crippen LogP contribution >= 0.6 is 0 Å². The summed E-state index contributed by atoms with van der Waals surface area (Å²) in [6.07, 6.45) is 3.48. The first-order chi connectivity index (χ1) is 6.25. The standard InChI is InChI=1S/C8H9N3O2/c9-8(13)7(11-5-12)6-2-1-3-10-4-6/h1-5,7H,(H2,9,13)(H,11,12). The van der Waals surface area contributed by atoms with Crippen molar-refractivity contribution in [2.45, 2.75) is 6.04 Å². The number of nitrogens with zero attached hydrogens (tertiary/aromatic N) is 1. The van der Waals surface area contributed by atoms with Crippen LogP contribution in [0, 0.1) is 0 Å². The summed E-state index contributed by atoms with van der Waals surface area (Å²) in [6.45, 7) is 0. The van der Waals surface area contributed by atoms with Crippen LogP contribution in [0.1, 0.15) is 11.6 Å². The zero-order chi connectivity index (χ0) is 9.68. The van der Waals surface area contributed by atoms with E-state index in [1.165, 1.54) is 6.20 Å². The summed E-state index contributed by atoms with van der Waals surface area (Å²) >= 11 is 0. The fourth-order valence-corrected chi connectivity index (χ4v) is 0.957. The van der Waals surface area contributed by atoms with Crippen LogP contribution in [0.2, 0.25) is 0 Å². The van der Waals surface area contributed by atoms with Gasteiger partial charge in [-0.1, -0.05) is 6.07 Å². The maximum absolute atomic E-state index is 10.9. The van der Waals surface area contributed by atoms with E-state index in [0.717, 1.165) is 0 Å². The molecule has 0 saturated carbocycles. The van der Waals surface area contributed by atoms with E-state index in [0.29, 0.717) is 12.0 Å². The fourth-order valence-electron chi connectivity index (χ4n) is 0.957. The minimum atomic E-state index is -0.800. The Morgan fingerprint density at radius 1 is 1.69 bits per heavy atom. The highest BCUT2D eigenvalue weighted by Crippen LogP contribution is 2.08. The Morgan fingerprint density at radius 2 is 2.46 bits per heavy atom. The Bertz CT molecular complexity index is 300. The molecule has 1 aromatic heterocycles. The van der Waals surface area contributed by atoms with Gasteiger partial charge in [-0.05, 0) is 6.07 Å². The third-order valence-electron chi connectivity index (χ3n) is 1.54. The van der Waals surface area contributed by atoms with Crippen LogP contribution in [0.3, 0.4) is 0 Å². The van der Waals surface area contributed by atoms with Gasteiger partial charge in [0.2, 0.25) is 12.3 Å². The van der Waals surface area contributed by atoms with Crippen molar-refractivity contribution < 1.29 is 9.59 Å². The summed E-state index contributed by atoms with van der Waals surface area (Å²) in [5.74, 6) is -0.611. The average Bonchev–Trinajstić information content (AvgIpc) is 2.15. The van der Waals surface area contributed by atoms with Crippen molar-refractivity contribution in [2.75, 3.05) is 0 Å². The number of carbonyl (C=O) groups excluding carboxylic acids is 2. The second kappa shape index (κ2) is 4.20. The Hall–Kier alpha value is -1.91. The lowest BCUT2D eigenvalue weighted by molar-refractivity contribution is -0.122. The van der Waals surface area contributed by atoms with Crippen molar-refractivity contribution in [1.29, 1.82) is 0 Å². The largest absolute Gasteiger partial charge is 0.368 e. The third kappa shape index (κ3) is 2.26. The number of amides is 2. The summed E-state index contributed by atoms with van der Waals surface area (Å²) in [7, 11) is 0. The number of hydrogen-bond donors (Lipinski definition) is 2. The molecule has 0 aliphatic rings. The second-order valence-corrected chi connectivity index (χ2v) is 2.41. The van der Waals surface area contributed by atoms with E-state index in [2.05, 4.69) is 10.3 Å². The van der Waals surface area contributed by atoms with E-state index in [1.807, 2.05) is 0 Å².